The number of carbonyl (C=O) groups excluding carboxylic acids is 4. The first-order valence-corrected chi connectivity index (χ1v) is 10.9. The van der Waals surface area contributed by atoms with Gasteiger partial charge in [0.1, 0.15) is 34.8 Å². The Labute approximate surface area is 191 Å². The summed E-state index contributed by atoms with van der Waals surface area (Å²) < 4.78 is 18.9. The van der Waals surface area contributed by atoms with E-state index in [9.17, 15) is 23.6 Å². The van der Waals surface area contributed by atoms with E-state index in [-0.39, 0.29) is 48.3 Å². The molecule has 0 unspecified atom stereocenters. The van der Waals surface area contributed by atoms with Crippen LogP contribution in [0.1, 0.15) is 43.2 Å². The highest BCUT2D eigenvalue weighted by Gasteiger charge is 2.53. The smallest absolute Gasteiger partial charge is 0.230 e. The van der Waals surface area contributed by atoms with Crippen molar-refractivity contribution in [1.29, 1.82) is 0 Å². The molecular formula is C26H26FNO5. The topological polar surface area (TPSA) is 80.8 Å². The molecule has 1 spiro atoms. The first-order valence-electron chi connectivity index (χ1n) is 10.9. The maximum atomic E-state index is 13.3. The SMILES string of the molecule is COc1cc(-c2ccc(F)cc2)cc(C)c1C1C(=O)CC2(CC1=O)CN(C(=O)CC(C)=O)C2. The molecule has 4 rings (SSSR count). The van der Waals surface area contributed by atoms with Gasteiger partial charge in [0.25, 0.3) is 0 Å². The molecule has 0 aromatic heterocycles. The van der Waals surface area contributed by atoms with Gasteiger partial charge in [-0.3, -0.25) is 19.2 Å². The number of Topliss-reactive ketones (excluding diaryl/α,β-unsaturated/α-hetero) is 3. The molecule has 2 aromatic carbocycles. The van der Waals surface area contributed by atoms with Crippen molar-refractivity contribution in [2.75, 3.05) is 20.2 Å². The van der Waals surface area contributed by atoms with Crippen molar-refractivity contribution in [3.63, 3.8) is 0 Å². The van der Waals surface area contributed by atoms with Gasteiger partial charge in [-0.25, -0.2) is 4.39 Å². The Hall–Kier alpha value is -3.35. The number of hydrogen-bond acceptors (Lipinski definition) is 5. The number of methoxy groups -OCH3 is 1. The van der Waals surface area contributed by atoms with Crippen LogP contribution in [0.4, 0.5) is 4.39 Å². The monoisotopic (exact) mass is 451 g/mol. The van der Waals surface area contributed by atoms with Crippen molar-refractivity contribution in [2.24, 2.45) is 5.41 Å². The minimum Gasteiger partial charge on any atom is -0.496 e. The molecule has 0 bridgehead atoms. The lowest BCUT2D eigenvalue weighted by atomic mass is 9.63. The zero-order valence-electron chi connectivity index (χ0n) is 18.9. The molecule has 172 valence electrons. The van der Waals surface area contributed by atoms with Crippen LogP contribution in [0.25, 0.3) is 11.1 Å². The lowest BCUT2D eigenvalue weighted by molar-refractivity contribution is -0.156. The van der Waals surface area contributed by atoms with Gasteiger partial charge in [-0.1, -0.05) is 18.2 Å². The second kappa shape index (κ2) is 8.54. The Morgan fingerprint density at radius 1 is 1.06 bits per heavy atom. The van der Waals surface area contributed by atoms with E-state index in [0.717, 1.165) is 16.7 Å². The van der Waals surface area contributed by atoms with Crippen LogP contribution in [0.15, 0.2) is 36.4 Å². The van der Waals surface area contributed by atoms with Crippen LogP contribution < -0.4 is 4.74 Å². The van der Waals surface area contributed by atoms with Crippen LogP contribution in [0.2, 0.25) is 0 Å². The van der Waals surface area contributed by atoms with E-state index in [0.29, 0.717) is 24.4 Å². The molecule has 6 nitrogen and oxygen atoms in total. The van der Waals surface area contributed by atoms with Crippen LogP contribution in [0.5, 0.6) is 5.75 Å². The molecule has 0 N–H and O–H groups in total. The summed E-state index contributed by atoms with van der Waals surface area (Å²) in [5.74, 6) is -1.61. The molecule has 1 heterocycles. The molecule has 0 radical (unpaired) electrons. The Balaban J connectivity index is 1.57. The molecule has 1 aliphatic heterocycles. The van der Waals surface area contributed by atoms with Gasteiger partial charge in [0, 0.05) is 36.9 Å². The summed E-state index contributed by atoms with van der Waals surface area (Å²) in [5.41, 5.74) is 2.39. The minimum atomic E-state index is -0.908. The Kier molecular flexibility index (Phi) is 5.91. The lowest BCUT2D eigenvalue weighted by Gasteiger charge is -2.52. The predicted molar refractivity (Wildman–Crippen MR) is 119 cm³/mol. The van der Waals surface area contributed by atoms with Crippen molar-refractivity contribution in [1.82, 2.24) is 4.90 Å². The second-order valence-electron chi connectivity index (χ2n) is 9.26. The summed E-state index contributed by atoms with van der Waals surface area (Å²) in [6.45, 7) is 3.84. The van der Waals surface area contributed by atoms with E-state index in [1.807, 2.05) is 13.0 Å². The van der Waals surface area contributed by atoms with E-state index in [4.69, 9.17) is 4.74 Å². The number of ether oxygens (including phenoxy) is 1. The van der Waals surface area contributed by atoms with Gasteiger partial charge in [0.15, 0.2) is 0 Å². The fourth-order valence-electron chi connectivity index (χ4n) is 5.11. The molecule has 2 aliphatic rings. The molecule has 0 atom stereocenters. The summed E-state index contributed by atoms with van der Waals surface area (Å²) in [7, 11) is 1.50. The number of ketones is 3. The summed E-state index contributed by atoms with van der Waals surface area (Å²) in [4.78, 5) is 51.3. The van der Waals surface area contributed by atoms with E-state index in [2.05, 4.69) is 0 Å². The number of benzene rings is 2. The molecule has 1 saturated heterocycles. The highest BCUT2D eigenvalue weighted by atomic mass is 19.1. The molecule has 33 heavy (non-hydrogen) atoms. The molecular weight excluding hydrogens is 425 g/mol. The van der Waals surface area contributed by atoms with Crippen molar-refractivity contribution in [3.8, 4) is 16.9 Å². The number of nitrogens with zero attached hydrogens (tertiary/aromatic N) is 1. The van der Waals surface area contributed by atoms with Gasteiger partial charge in [0.2, 0.25) is 5.91 Å². The van der Waals surface area contributed by atoms with Crippen LogP contribution in [0.3, 0.4) is 0 Å². The van der Waals surface area contributed by atoms with Crippen LogP contribution in [0, 0.1) is 18.2 Å². The molecule has 7 heteroatoms. The van der Waals surface area contributed by atoms with Crippen molar-refractivity contribution in [3.05, 3.63) is 53.3 Å². The van der Waals surface area contributed by atoms with E-state index < -0.39 is 11.3 Å². The predicted octanol–water partition coefficient (Wildman–Crippen LogP) is 3.63. The van der Waals surface area contributed by atoms with Gasteiger partial charge in [-0.05, 0) is 48.7 Å². The summed E-state index contributed by atoms with van der Waals surface area (Å²) >= 11 is 0. The number of amides is 1. The number of aryl methyl sites for hydroxylation is 1. The number of likely N-dealkylation sites (tertiary alicyclic amines) is 1. The Morgan fingerprint density at radius 2 is 1.67 bits per heavy atom. The Morgan fingerprint density at radius 3 is 2.21 bits per heavy atom. The number of rotatable bonds is 5. The third-order valence-electron chi connectivity index (χ3n) is 6.58. The normalized spacial score (nSPS) is 17.8. The van der Waals surface area contributed by atoms with Crippen LogP contribution >= 0.6 is 0 Å². The second-order valence-corrected chi connectivity index (χ2v) is 9.26. The van der Waals surface area contributed by atoms with Crippen molar-refractivity contribution >= 4 is 23.3 Å². The van der Waals surface area contributed by atoms with Crippen LogP contribution in [-0.4, -0.2) is 48.4 Å². The first kappa shape index (κ1) is 22.8. The lowest BCUT2D eigenvalue weighted by Crippen LogP contribution is -2.62. The third kappa shape index (κ3) is 4.32. The third-order valence-corrected chi connectivity index (χ3v) is 6.58. The molecule has 2 fully saturated rings. The van der Waals surface area contributed by atoms with Crippen molar-refractivity contribution in [2.45, 2.75) is 39.0 Å². The largest absolute Gasteiger partial charge is 0.496 e. The average Bonchev–Trinajstić information content (AvgIpc) is 2.72. The minimum absolute atomic E-state index is 0.155. The number of halogens is 1. The van der Waals surface area contributed by atoms with E-state index in [1.165, 1.54) is 26.2 Å². The van der Waals surface area contributed by atoms with Gasteiger partial charge in [-0.2, -0.15) is 0 Å². The summed E-state index contributed by atoms with van der Waals surface area (Å²) in [6.07, 6.45) is 0.253. The highest BCUT2D eigenvalue weighted by molar-refractivity contribution is 6.11. The summed E-state index contributed by atoms with van der Waals surface area (Å²) in [5, 5.41) is 0. The molecule has 1 amide bonds. The standard InChI is InChI=1S/C26H26FNO5/c1-15-8-18(17-4-6-19(27)7-5-17)10-22(33-3)24(15)25-20(30)11-26(12-21(25)31)13-28(14-26)23(32)9-16(2)29/h4-8,10,25H,9,11-14H2,1-3H3. The average molecular weight is 451 g/mol. The maximum absolute atomic E-state index is 13.3. The van der Waals surface area contributed by atoms with Crippen LogP contribution in [-0.2, 0) is 19.2 Å². The van der Waals surface area contributed by atoms with Gasteiger partial charge < -0.3 is 9.64 Å². The zero-order chi connectivity index (χ0) is 23.9. The first-order chi connectivity index (χ1) is 15.6. The van der Waals surface area contributed by atoms with Gasteiger partial charge in [-0.15, -0.1) is 0 Å². The molecule has 2 aromatic rings. The maximum Gasteiger partial charge on any atom is 0.230 e. The van der Waals surface area contributed by atoms with Gasteiger partial charge in [0.05, 0.1) is 13.5 Å². The number of carbonyl (C=O) groups is 4. The number of hydrogen-bond donors (Lipinski definition) is 0. The van der Waals surface area contributed by atoms with E-state index in [1.54, 1.807) is 23.1 Å². The quantitative estimate of drug-likeness (QED) is 0.649. The fourth-order valence-corrected chi connectivity index (χ4v) is 5.11. The molecule has 1 aliphatic carbocycles. The van der Waals surface area contributed by atoms with E-state index >= 15 is 0 Å². The highest BCUT2D eigenvalue weighted by Crippen LogP contribution is 2.47. The van der Waals surface area contributed by atoms with Gasteiger partial charge >= 0.3 is 0 Å². The van der Waals surface area contributed by atoms with Crippen molar-refractivity contribution < 1.29 is 28.3 Å². The fraction of sp³-hybridized carbons (Fsp3) is 0.385. The molecule has 1 saturated carbocycles. The zero-order valence-corrected chi connectivity index (χ0v) is 18.9. The Bertz CT molecular complexity index is 1130. The summed E-state index contributed by atoms with van der Waals surface area (Å²) in [6, 6.07) is 9.73.